The van der Waals surface area contributed by atoms with Gasteiger partial charge in [-0.2, -0.15) is 0 Å². The van der Waals surface area contributed by atoms with Gasteiger partial charge in [-0.3, -0.25) is 0 Å². The molecule has 0 heterocycles. The van der Waals surface area contributed by atoms with Crippen LogP contribution in [0.5, 0.6) is 0 Å². The second-order valence-electron chi connectivity index (χ2n) is 3.96. The Bertz CT molecular complexity index is 140. The highest BCUT2D eigenvalue weighted by atomic mass is 35.5. The van der Waals surface area contributed by atoms with Crippen molar-refractivity contribution < 1.29 is 4.74 Å². The van der Waals surface area contributed by atoms with Crippen LogP contribution in [0.15, 0.2) is 0 Å². The molecule has 3 saturated carbocycles. The summed E-state index contributed by atoms with van der Waals surface area (Å²) in [6, 6.07) is 0. The Morgan fingerprint density at radius 1 is 1.36 bits per heavy atom. The molecule has 3 aliphatic rings. The summed E-state index contributed by atoms with van der Waals surface area (Å²) in [5.41, 5.74) is 6.44. The van der Waals surface area contributed by atoms with E-state index in [1.165, 1.54) is 25.7 Å². The summed E-state index contributed by atoms with van der Waals surface area (Å²) in [5, 5.41) is 0. The van der Waals surface area contributed by atoms with E-state index in [0.29, 0.717) is 11.0 Å². The van der Waals surface area contributed by atoms with Crippen molar-refractivity contribution in [2.75, 3.05) is 13.7 Å². The smallest absolute Gasteiger partial charge is 0.0694 e. The largest absolute Gasteiger partial charge is 0.378 e. The van der Waals surface area contributed by atoms with E-state index in [2.05, 4.69) is 0 Å². The molecule has 3 heteroatoms. The fourth-order valence-corrected chi connectivity index (χ4v) is 2.68. The normalized spacial score (nSPS) is 45.3. The van der Waals surface area contributed by atoms with Crippen LogP contribution in [0.1, 0.15) is 25.7 Å². The average molecular weight is 178 g/mol. The third-order valence-electron chi connectivity index (χ3n) is 3.20. The summed E-state index contributed by atoms with van der Waals surface area (Å²) in [4.78, 5) is 0. The van der Waals surface area contributed by atoms with E-state index in [-0.39, 0.29) is 12.4 Å². The number of halogens is 1. The molecule has 0 aromatic heterocycles. The number of nitrogens with two attached hydrogens (primary N) is 1. The summed E-state index contributed by atoms with van der Waals surface area (Å²) in [6.45, 7) is 0.847. The SMILES string of the molecule is COC12CC(CCN)(C1)C2.Cl. The van der Waals surface area contributed by atoms with E-state index in [0.717, 1.165) is 6.54 Å². The number of hydrogen-bond donors (Lipinski definition) is 1. The molecule has 0 saturated heterocycles. The van der Waals surface area contributed by atoms with Gasteiger partial charge in [-0.15, -0.1) is 12.4 Å². The van der Waals surface area contributed by atoms with Crippen LogP contribution in [0.25, 0.3) is 0 Å². The minimum Gasteiger partial charge on any atom is -0.378 e. The van der Waals surface area contributed by atoms with Crippen LogP contribution < -0.4 is 5.73 Å². The van der Waals surface area contributed by atoms with E-state index in [1.807, 2.05) is 7.11 Å². The van der Waals surface area contributed by atoms with Crippen molar-refractivity contribution in [3.63, 3.8) is 0 Å². The Kier molecular flexibility index (Phi) is 2.21. The van der Waals surface area contributed by atoms with Gasteiger partial charge in [0.25, 0.3) is 0 Å². The molecule has 0 aromatic rings. The van der Waals surface area contributed by atoms with Crippen LogP contribution in [0.3, 0.4) is 0 Å². The molecule has 3 aliphatic carbocycles. The second-order valence-corrected chi connectivity index (χ2v) is 3.96. The topological polar surface area (TPSA) is 35.2 Å². The van der Waals surface area contributed by atoms with Gasteiger partial charge in [0, 0.05) is 7.11 Å². The van der Waals surface area contributed by atoms with E-state index in [9.17, 15) is 0 Å². The molecule has 2 bridgehead atoms. The molecule has 0 spiro atoms. The number of rotatable bonds is 3. The lowest BCUT2D eigenvalue weighted by Gasteiger charge is -2.69. The van der Waals surface area contributed by atoms with Crippen LogP contribution in [0, 0.1) is 5.41 Å². The van der Waals surface area contributed by atoms with Gasteiger partial charge in [0.1, 0.15) is 0 Å². The van der Waals surface area contributed by atoms with Crippen molar-refractivity contribution in [2.45, 2.75) is 31.3 Å². The summed E-state index contributed by atoms with van der Waals surface area (Å²) in [7, 11) is 1.82. The number of methoxy groups -OCH3 is 1. The van der Waals surface area contributed by atoms with Crippen molar-refractivity contribution in [2.24, 2.45) is 11.1 Å². The molecule has 0 amide bonds. The molecular formula is C8H16ClNO. The highest BCUT2D eigenvalue weighted by molar-refractivity contribution is 5.85. The van der Waals surface area contributed by atoms with Gasteiger partial charge in [0.05, 0.1) is 5.60 Å². The minimum atomic E-state index is 0. The lowest BCUT2D eigenvalue weighted by atomic mass is 9.40. The molecule has 3 rings (SSSR count). The lowest BCUT2D eigenvalue weighted by molar-refractivity contribution is -0.275. The molecular weight excluding hydrogens is 162 g/mol. The fourth-order valence-electron chi connectivity index (χ4n) is 2.68. The predicted octanol–water partition coefficient (Wildman–Crippen LogP) is 1.33. The summed E-state index contributed by atoms with van der Waals surface area (Å²) < 4.78 is 5.37. The molecule has 0 aromatic carbocycles. The fraction of sp³-hybridized carbons (Fsp3) is 1.00. The zero-order valence-electron chi connectivity index (χ0n) is 6.93. The number of ether oxygens (including phenoxy) is 1. The Labute approximate surface area is 73.9 Å². The first-order valence-electron chi connectivity index (χ1n) is 4.00. The third kappa shape index (κ3) is 1.08. The lowest BCUT2D eigenvalue weighted by Crippen LogP contribution is -2.68. The monoisotopic (exact) mass is 177 g/mol. The van der Waals surface area contributed by atoms with E-state index >= 15 is 0 Å². The van der Waals surface area contributed by atoms with Crippen LogP contribution >= 0.6 is 12.4 Å². The molecule has 0 radical (unpaired) electrons. The van der Waals surface area contributed by atoms with Crippen LogP contribution in [-0.4, -0.2) is 19.3 Å². The minimum absolute atomic E-state index is 0. The van der Waals surface area contributed by atoms with Crippen molar-refractivity contribution in [1.82, 2.24) is 0 Å². The third-order valence-corrected chi connectivity index (χ3v) is 3.20. The Morgan fingerprint density at radius 3 is 2.27 bits per heavy atom. The van der Waals surface area contributed by atoms with Crippen molar-refractivity contribution in [3.8, 4) is 0 Å². The van der Waals surface area contributed by atoms with Gasteiger partial charge in [-0.05, 0) is 37.6 Å². The standard InChI is InChI=1S/C8H15NO.ClH/c1-10-8-4-7(5-8,6-8)2-3-9;/h2-6,9H2,1H3;1H. The van der Waals surface area contributed by atoms with Crippen molar-refractivity contribution in [1.29, 1.82) is 0 Å². The Morgan fingerprint density at radius 2 is 1.91 bits per heavy atom. The maximum absolute atomic E-state index is 5.49. The zero-order valence-corrected chi connectivity index (χ0v) is 7.75. The molecule has 0 atom stereocenters. The predicted molar refractivity (Wildman–Crippen MR) is 46.9 cm³/mol. The first-order valence-corrected chi connectivity index (χ1v) is 4.00. The summed E-state index contributed by atoms with van der Waals surface area (Å²) in [6.07, 6.45) is 5.02. The highest BCUT2D eigenvalue weighted by Crippen LogP contribution is 2.70. The van der Waals surface area contributed by atoms with Gasteiger partial charge in [0.15, 0.2) is 0 Å². The Balaban J connectivity index is 0.000000605. The molecule has 0 aliphatic heterocycles. The van der Waals surface area contributed by atoms with Gasteiger partial charge in [0.2, 0.25) is 0 Å². The molecule has 2 nitrogen and oxygen atoms in total. The molecule has 2 N–H and O–H groups in total. The molecule has 11 heavy (non-hydrogen) atoms. The van der Waals surface area contributed by atoms with Gasteiger partial charge in [-0.25, -0.2) is 0 Å². The van der Waals surface area contributed by atoms with Gasteiger partial charge < -0.3 is 10.5 Å². The molecule has 3 fully saturated rings. The van der Waals surface area contributed by atoms with E-state index in [1.54, 1.807) is 0 Å². The second kappa shape index (κ2) is 2.61. The van der Waals surface area contributed by atoms with Crippen LogP contribution in [0.2, 0.25) is 0 Å². The van der Waals surface area contributed by atoms with E-state index in [4.69, 9.17) is 10.5 Å². The van der Waals surface area contributed by atoms with Crippen molar-refractivity contribution in [3.05, 3.63) is 0 Å². The maximum Gasteiger partial charge on any atom is 0.0694 e. The van der Waals surface area contributed by atoms with Gasteiger partial charge in [-0.1, -0.05) is 0 Å². The molecule has 0 unspecified atom stereocenters. The van der Waals surface area contributed by atoms with E-state index < -0.39 is 0 Å². The average Bonchev–Trinajstić information content (AvgIpc) is 1.74. The number of hydrogen-bond acceptors (Lipinski definition) is 2. The highest BCUT2D eigenvalue weighted by Gasteiger charge is 2.67. The Hall–Kier alpha value is 0.210. The maximum atomic E-state index is 5.49. The van der Waals surface area contributed by atoms with Crippen LogP contribution in [0.4, 0.5) is 0 Å². The van der Waals surface area contributed by atoms with Gasteiger partial charge >= 0.3 is 0 Å². The zero-order chi connectivity index (χ0) is 7.24. The summed E-state index contributed by atoms with van der Waals surface area (Å²) in [5.74, 6) is 0. The first kappa shape index (κ1) is 9.30. The molecule has 66 valence electrons. The quantitative estimate of drug-likeness (QED) is 0.706. The summed E-state index contributed by atoms with van der Waals surface area (Å²) >= 11 is 0. The van der Waals surface area contributed by atoms with Crippen LogP contribution in [-0.2, 0) is 4.74 Å². The van der Waals surface area contributed by atoms with Crippen molar-refractivity contribution >= 4 is 12.4 Å². The first-order chi connectivity index (χ1) is 4.74.